The number of hydrogen-bond donors (Lipinski definition) is 2. The van der Waals surface area contributed by atoms with Gasteiger partial charge in [-0.3, -0.25) is 14.8 Å². The summed E-state index contributed by atoms with van der Waals surface area (Å²) in [7, 11) is 0. The number of aromatic nitrogens is 4. The van der Waals surface area contributed by atoms with Crippen LogP contribution in [0.15, 0.2) is 36.9 Å². The number of hydrogen-bond acceptors (Lipinski definition) is 7. The highest BCUT2D eigenvalue weighted by Crippen LogP contribution is 2.30. The van der Waals surface area contributed by atoms with E-state index in [1.165, 1.54) is 0 Å². The monoisotopic (exact) mass is 431 g/mol. The van der Waals surface area contributed by atoms with E-state index in [4.69, 9.17) is 4.98 Å². The SMILES string of the molecule is CC(C)N1CCC(Nc2cncc(-c3cc4cc(NC(=O)C5CC5)ncc4cn3)n2)CC1. The molecule has 0 aromatic carbocycles. The molecule has 4 heterocycles. The average molecular weight is 432 g/mol. The third kappa shape index (κ3) is 4.70. The standard InChI is InChI=1S/C24H29N7O/c1-15(2)31-7-5-19(6-8-31)28-23-14-25-13-21(29-23)20-9-17-10-22(27-12-18(17)11-26-20)30-24(32)16-3-4-16/h9-16,19H,3-8H2,1-2H3,(H,28,29)(H,27,30,32). The number of carbonyl (C=O) groups is 1. The van der Waals surface area contributed by atoms with Gasteiger partial charge in [-0.1, -0.05) is 0 Å². The summed E-state index contributed by atoms with van der Waals surface area (Å²) < 4.78 is 0. The van der Waals surface area contributed by atoms with Crippen LogP contribution in [-0.2, 0) is 4.79 Å². The zero-order valence-electron chi connectivity index (χ0n) is 18.6. The summed E-state index contributed by atoms with van der Waals surface area (Å²) >= 11 is 0. The van der Waals surface area contributed by atoms with Gasteiger partial charge in [0.15, 0.2) is 0 Å². The maximum atomic E-state index is 12.1. The summed E-state index contributed by atoms with van der Waals surface area (Å²) in [5.41, 5.74) is 1.46. The predicted molar refractivity (Wildman–Crippen MR) is 125 cm³/mol. The first-order valence-corrected chi connectivity index (χ1v) is 11.4. The molecule has 3 aromatic rings. The lowest BCUT2D eigenvalue weighted by Crippen LogP contribution is -2.42. The lowest BCUT2D eigenvalue weighted by molar-refractivity contribution is -0.117. The molecule has 1 saturated heterocycles. The van der Waals surface area contributed by atoms with Crippen LogP contribution < -0.4 is 10.6 Å². The molecule has 2 N–H and O–H groups in total. The number of fused-ring (bicyclic) bond motifs is 1. The molecule has 1 amide bonds. The summed E-state index contributed by atoms with van der Waals surface area (Å²) in [5.74, 6) is 1.54. The fourth-order valence-electron chi connectivity index (χ4n) is 4.15. The number of amides is 1. The number of nitrogens with zero attached hydrogens (tertiary/aromatic N) is 5. The van der Waals surface area contributed by atoms with Gasteiger partial charge >= 0.3 is 0 Å². The third-order valence-electron chi connectivity index (χ3n) is 6.31. The second-order valence-corrected chi connectivity index (χ2v) is 9.09. The van der Waals surface area contributed by atoms with Gasteiger partial charge in [-0.05, 0) is 57.0 Å². The van der Waals surface area contributed by atoms with Crippen LogP contribution in [0, 0.1) is 5.92 Å². The predicted octanol–water partition coefficient (Wildman–Crippen LogP) is 3.72. The van der Waals surface area contributed by atoms with Crippen LogP contribution in [0.1, 0.15) is 39.5 Å². The molecule has 0 spiro atoms. The minimum atomic E-state index is 0.0509. The molecular weight excluding hydrogens is 402 g/mol. The van der Waals surface area contributed by atoms with Crippen LogP contribution in [0.4, 0.5) is 11.6 Å². The summed E-state index contributed by atoms with van der Waals surface area (Å²) in [6, 6.07) is 4.86. The van der Waals surface area contributed by atoms with Gasteiger partial charge < -0.3 is 15.5 Å². The molecule has 0 bridgehead atoms. The Morgan fingerprint density at radius 3 is 2.47 bits per heavy atom. The first kappa shape index (κ1) is 20.8. The normalized spacial score (nSPS) is 17.6. The number of likely N-dealkylation sites (tertiary alicyclic amines) is 1. The van der Waals surface area contributed by atoms with Crippen molar-refractivity contribution in [3.63, 3.8) is 0 Å². The van der Waals surface area contributed by atoms with Gasteiger partial charge in [0.2, 0.25) is 5.91 Å². The number of rotatable bonds is 6. The molecule has 0 radical (unpaired) electrons. The quantitative estimate of drug-likeness (QED) is 0.614. The van der Waals surface area contributed by atoms with Crippen LogP contribution in [-0.4, -0.2) is 55.9 Å². The van der Waals surface area contributed by atoms with E-state index in [-0.39, 0.29) is 11.8 Å². The van der Waals surface area contributed by atoms with E-state index in [9.17, 15) is 4.79 Å². The van der Waals surface area contributed by atoms with Crippen molar-refractivity contribution in [3.05, 3.63) is 36.9 Å². The van der Waals surface area contributed by atoms with Gasteiger partial charge in [0.25, 0.3) is 0 Å². The topological polar surface area (TPSA) is 95.9 Å². The van der Waals surface area contributed by atoms with E-state index in [2.05, 4.69) is 44.3 Å². The van der Waals surface area contributed by atoms with Gasteiger partial charge in [0, 0.05) is 48.9 Å². The number of anilines is 2. The fourth-order valence-corrected chi connectivity index (χ4v) is 4.15. The van der Waals surface area contributed by atoms with Crippen molar-refractivity contribution in [3.8, 4) is 11.4 Å². The largest absolute Gasteiger partial charge is 0.366 e. The Labute approximate surface area is 187 Å². The molecule has 8 heteroatoms. The summed E-state index contributed by atoms with van der Waals surface area (Å²) in [4.78, 5) is 32.6. The van der Waals surface area contributed by atoms with E-state index >= 15 is 0 Å². The van der Waals surface area contributed by atoms with Crippen molar-refractivity contribution in [2.24, 2.45) is 5.92 Å². The number of piperidine rings is 1. The molecule has 3 aromatic heterocycles. The molecule has 1 aliphatic heterocycles. The van der Waals surface area contributed by atoms with Crippen molar-refractivity contribution in [1.82, 2.24) is 24.8 Å². The highest BCUT2D eigenvalue weighted by Gasteiger charge is 2.29. The van der Waals surface area contributed by atoms with E-state index in [1.807, 2.05) is 12.1 Å². The first-order valence-electron chi connectivity index (χ1n) is 11.4. The number of pyridine rings is 2. The molecule has 166 valence electrons. The van der Waals surface area contributed by atoms with Crippen molar-refractivity contribution in [2.75, 3.05) is 23.7 Å². The molecule has 2 fully saturated rings. The molecule has 0 unspecified atom stereocenters. The van der Waals surface area contributed by atoms with Crippen LogP contribution >= 0.6 is 0 Å². The lowest BCUT2D eigenvalue weighted by Gasteiger charge is -2.35. The maximum absolute atomic E-state index is 12.1. The molecule has 1 aliphatic carbocycles. The lowest BCUT2D eigenvalue weighted by atomic mass is 10.0. The van der Waals surface area contributed by atoms with Gasteiger partial charge in [-0.15, -0.1) is 0 Å². The van der Waals surface area contributed by atoms with Gasteiger partial charge in [0.1, 0.15) is 17.3 Å². The number of nitrogens with one attached hydrogen (secondary N) is 2. The van der Waals surface area contributed by atoms with Gasteiger partial charge in [-0.25, -0.2) is 9.97 Å². The van der Waals surface area contributed by atoms with E-state index in [0.717, 1.165) is 66.8 Å². The van der Waals surface area contributed by atoms with E-state index in [1.54, 1.807) is 24.8 Å². The average Bonchev–Trinajstić information content (AvgIpc) is 3.65. The molecule has 5 rings (SSSR count). The van der Waals surface area contributed by atoms with Crippen molar-refractivity contribution < 1.29 is 4.79 Å². The fraction of sp³-hybridized carbons (Fsp3) is 0.458. The van der Waals surface area contributed by atoms with Crippen molar-refractivity contribution >= 4 is 28.3 Å². The van der Waals surface area contributed by atoms with Gasteiger partial charge in [-0.2, -0.15) is 0 Å². The molecular formula is C24H29N7O. The zero-order chi connectivity index (χ0) is 22.1. The highest BCUT2D eigenvalue weighted by molar-refractivity contribution is 5.95. The molecule has 32 heavy (non-hydrogen) atoms. The minimum Gasteiger partial charge on any atom is -0.366 e. The molecule has 1 saturated carbocycles. The second kappa shape index (κ2) is 8.78. The van der Waals surface area contributed by atoms with Crippen molar-refractivity contribution in [2.45, 2.75) is 51.6 Å². The van der Waals surface area contributed by atoms with E-state index in [0.29, 0.717) is 17.9 Å². The molecule has 0 atom stereocenters. The zero-order valence-corrected chi connectivity index (χ0v) is 18.6. The Bertz CT molecular complexity index is 1120. The van der Waals surface area contributed by atoms with Crippen LogP contribution in [0.25, 0.3) is 22.2 Å². The van der Waals surface area contributed by atoms with E-state index < -0.39 is 0 Å². The second-order valence-electron chi connectivity index (χ2n) is 9.09. The smallest absolute Gasteiger partial charge is 0.228 e. The van der Waals surface area contributed by atoms with Gasteiger partial charge in [0.05, 0.1) is 18.1 Å². The Kier molecular flexibility index (Phi) is 5.70. The maximum Gasteiger partial charge on any atom is 0.228 e. The number of carbonyl (C=O) groups excluding carboxylic acids is 1. The van der Waals surface area contributed by atoms with Crippen LogP contribution in [0.2, 0.25) is 0 Å². The van der Waals surface area contributed by atoms with Crippen LogP contribution in [0.5, 0.6) is 0 Å². The Morgan fingerprint density at radius 1 is 0.938 bits per heavy atom. The van der Waals surface area contributed by atoms with Crippen molar-refractivity contribution in [1.29, 1.82) is 0 Å². The Morgan fingerprint density at radius 2 is 1.72 bits per heavy atom. The summed E-state index contributed by atoms with van der Waals surface area (Å²) in [6.07, 6.45) is 11.2. The Hall–Kier alpha value is -3.13. The van der Waals surface area contributed by atoms with Crippen LogP contribution in [0.3, 0.4) is 0 Å². The molecule has 2 aliphatic rings. The summed E-state index contributed by atoms with van der Waals surface area (Å²) in [5, 5.41) is 8.33. The molecule has 8 nitrogen and oxygen atoms in total. The first-order chi connectivity index (χ1) is 15.5. The third-order valence-corrected chi connectivity index (χ3v) is 6.31. The Balaban J connectivity index is 1.31. The summed E-state index contributed by atoms with van der Waals surface area (Å²) in [6.45, 7) is 6.70. The minimum absolute atomic E-state index is 0.0509. The highest BCUT2D eigenvalue weighted by atomic mass is 16.2.